The number of rotatable bonds is 5. The first-order valence-corrected chi connectivity index (χ1v) is 7.27. The molecule has 0 aliphatic carbocycles. The fraction of sp³-hybridized carbons (Fsp3) is 0.600. The Bertz CT molecular complexity index is 504. The highest BCUT2D eigenvalue weighted by Gasteiger charge is 2.24. The van der Waals surface area contributed by atoms with Crippen molar-refractivity contribution in [2.45, 2.75) is 32.7 Å². The van der Waals surface area contributed by atoms with Gasteiger partial charge in [0.1, 0.15) is 5.56 Å². The number of pyridine rings is 1. The van der Waals surface area contributed by atoms with E-state index in [-0.39, 0.29) is 16.9 Å². The van der Waals surface area contributed by atoms with Gasteiger partial charge in [0.25, 0.3) is 5.91 Å². The van der Waals surface area contributed by atoms with Gasteiger partial charge in [-0.3, -0.25) is 9.59 Å². The highest BCUT2D eigenvalue weighted by Crippen LogP contribution is 2.11. The lowest BCUT2D eigenvalue weighted by Crippen LogP contribution is -2.44. The maximum atomic E-state index is 12.6. The van der Waals surface area contributed by atoms with Crippen LogP contribution in [0.25, 0.3) is 0 Å². The Morgan fingerprint density at radius 1 is 1.50 bits per heavy atom. The lowest BCUT2D eigenvalue weighted by molar-refractivity contribution is 0.0719. The number of hydrogen-bond donors (Lipinski definition) is 2. The van der Waals surface area contributed by atoms with Gasteiger partial charge in [0.05, 0.1) is 0 Å². The van der Waals surface area contributed by atoms with E-state index < -0.39 is 0 Å². The van der Waals surface area contributed by atoms with E-state index in [1.54, 1.807) is 11.1 Å². The summed E-state index contributed by atoms with van der Waals surface area (Å²) in [6, 6.07) is 1.75. The van der Waals surface area contributed by atoms with Crippen molar-refractivity contribution < 1.29 is 4.79 Å². The molecule has 0 aromatic carbocycles. The number of aromatic amines is 1. The molecule has 2 N–H and O–H groups in total. The fourth-order valence-electron chi connectivity index (χ4n) is 2.61. The molecule has 1 saturated heterocycles. The third-order valence-electron chi connectivity index (χ3n) is 3.53. The van der Waals surface area contributed by atoms with E-state index in [1.807, 2.05) is 0 Å². The first-order valence-electron chi connectivity index (χ1n) is 7.27. The number of nitrogens with one attached hydrogen (secondary N) is 2. The lowest BCUT2D eigenvalue weighted by atomic mass is 10.1. The second-order valence-electron chi connectivity index (χ2n) is 5.82. The summed E-state index contributed by atoms with van der Waals surface area (Å²) >= 11 is 0. The molecule has 1 aliphatic heterocycles. The third kappa shape index (κ3) is 3.70. The molecule has 5 heteroatoms. The van der Waals surface area contributed by atoms with Crippen molar-refractivity contribution >= 4 is 5.91 Å². The molecule has 1 atom stereocenters. The summed E-state index contributed by atoms with van der Waals surface area (Å²) in [5, 5.41) is 3.40. The van der Waals surface area contributed by atoms with Gasteiger partial charge in [0.2, 0.25) is 0 Å². The van der Waals surface area contributed by atoms with Crippen LogP contribution in [0.15, 0.2) is 23.3 Å². The third-order valence-corrected chi connectivity index (χ3v) is 3.53. The van der Waals surface area contributed by atoms with E-state index in [4.69, 9.17) is 0 Å². The molecule has 0 saturated carbocycles. The zero-order chi connectivity index (χ0) is 14.5. The van der Waals surface area contributed by atoms with Crippen molar-refractivity contribution in [1.82, 2.24) is 15.2 Å². The molecule has 1 aliphatic rings. The molecule has 1 aromatic rings. The zero-order valence-electron chi connectivity index (χ0n) is 12.2. The van der Waals surface area contributed by atoms with Crippen LogP contribution in [-0.4, -0.2) is 41.5 Å². The van der Waals surface area contributed by atoms with E-state index in [0.29, 0.717) is 25.0 Å². The SMILES string of the molecule is CC(C)CN(CC1CCCN1)C(=O)c1c[nH]ccc1=O. The number of hydrogen-bond acceptors (Lipinski definition) is 3. The van der Waals surface area contributed by atoms with Crippen molar-refractivity contribution in [3.8, 4) is 0 Å². The van der Waals surface area contributed by atoms with Crippen LogP contribution in [0.5, 0.6) is 0 Å². The molecule has 20 heavy (non-hydrogen) atoms. The smallest absolute Gasteiger partial charge is 0.259 e. The number of carbonyl (C=O) groups excluding carboxylic acids is 1. The average Bonchev–Trinajstić information content (AvgIpc) is 2.90. The monoisotopic (exact) mass is 277 g/mol. The Hall–Kier alpha value is -1.62. The number of amides is 1. The zero-order valence-corrected chi connectivity index (χ0v) is 12.2. The predicted octanol–water partition coefficient (Wildman–Crippen LogP) is 1.23. The number of carbonyl (C=O) groups is 1. The van der Waals surface area contributed by atoms with Crippen molar-refractivity contribution in [2.75, 3.05) is 19.6 Å². The van der Waals surface area contributed by atoms with Crippen LogP contribution in [0.1, 0.15) is 37.0 Å². The summed E-state index contributed by atoms with van der Waals surface area (Å²) in [5.41, 5.74) is 0.00744. The van der Waals surface area contributed by atoms with Crippen molar-refractivity contribution in [2.24, 2.45) is 5.92 Å². The molecule has 110 valence electrons. The minimum Gasteiger partial charge on any atom is -0.367 e. The maximum Gasteiger partial charge on any atom is 0.259 e. The standard InChI is InChI=1S/C15H23N3O2/c1-11(2)9-18(10-12-4-3-6-17-12)15(20)13-8-16-7-5-14(13)19/h5,7-8,11-12,17H,3-4,6,9-10H2,1-2H3,(H,16,19). The van der Waals surface area contributed by atoms with Gasteiger partial charge in [0.15, 0.2) is 5.43 Å². The molecule has 0 radical (unpaired) electrons. The Balaban J connectivity index is 2.14. The van der Waals surface area contributed by atoms with Gasteiger partial charge in [-0.15, -0.1) is 0 Å². The average molecular weight is 277 g/mol. The molecule has 2 rings (SSSR count). The van der Waals surface area contributed by atoms with Gasteiger partial charge in [0, 0.05) is 37.6 Å². The molecule has 1 amide bonds. The first kappa shape index (κ1) is 14.8. The van der Waals surface area contributed by atoms with E-state index >= 15 is 0 Å². The fourth-order valence-corrected chi connectivity index (χ4v) is 2.61. The van der Waals surface area contributed by atoms with Crippen LogP contribution in [0.2, 0.25) is 0 Å². The largest absolute Gasteiger partial charge is 0.367 e. The summed E-state index contributed by atoms with van der Waals surface area (Å²) in [6.45, 7) is 6.52. The van der Waals surface area contributed by atoms with Crippen molar-refractivity contribution in [3.63, 3.8) is 0 Å². The van der Waals surface area contributed by atoms with Crippen LogP contribution >= 0.6 is 0 Å². The molecule has 2 heterocycles. The number of H-pyrrole nitrogens is 1. The van der Waals surface area contributed by atoms with Gasteiger partial charge in [-0.1, -0.05) is 13.8 Å². The van der Waals surface area contributed by atoms with Crippen LogP contribution in [0.3, 0.4) is 0 Å². The van der Waals surface area contributed by atoms with Gasteiger partial charge < -0.3 is 15.2 Å². The number of aromatic nitrogens is 1. The first-order chi connectivity index (χ1) is 9.58. The van der Waals surface area contributed by atoms with E-state index in [2.05, 4.69) is 24.1 Å². The van der Waals surface area contributed by atoms with Crippen LogP contribution < -0.4 is 10.7 Å². The summed E-state index contributed by atoms with van der Waals surface area (Å²) in [4.78, 5) is 29.0. The van der Waals surface area contributed by atoms with Crippen LogP contribution in [0.4, 0.5) is 0 Å². The molecule has 5 nitrogen and oxygen atoms in total. The van der Waals surface area contributed by atoms with Gasteiger partial charge in [-0.05, 0) is 25.3 Å². The Morgan fingerprint density at radius 2 is 2.30 bits per heavy atom. The molecule has 0 bridgehead atoms. The van der Waals surface area contributed by atoms with Crippen molar-refractivity contribution in [3.05, 3.63) is 34.2 Å². The van der Waals surface area contributed by atoms with Crippen LogP contribution in [-0.2, 0) is 0 Å². The summed E-state index contributed by atoms with van der Waals surface area (Å²) < 4.78 is 0. The van der Waals surface area contributed by atoms with E-state index in [0.717, 1.165) is 19.4 Å². The van der Waals surface area contributed by atoms with E-state index in [9.17, 15) is 9.59 Å². The number of nitrogens with zero attached hydrogens (tertiary/aromatic N) is 1. The molecule has 0 spiro atoms. The normalized spacial score (nSPS) is 18.4. The molecule has 1 aromatic heterocycles. The topological polar surface area (TPSA) is 65.2 Å². The van der Waals surface area contributed by atoms with Gasteiger partial charge in [-0.2, -0.15) is 0 Å². The second-order valence-corrected chi connectivity index (χ2v) is 5.82. The summed E-state index contributed by atoms with van der Waals surface area (Å²) in [5.74, 6) is 0.206. The molecule has 1 unspecified atom stereocenters. The molecule has 1 fully saturated rings. The summed E-state index contributed by atoms with van der Waals surface area (Å²) in [7, 11) is 0. The molecular formula is C15H23N3O2. The Labute approximate surface area is 119 Å². The highest BCUT2D eigenvalue weighted by molar-refractivity contribution is 5.93. The quantitative estimate of drug-likeness (QED) is 0.850. The Morgan fingerprint density at radius 3 is 2.90 bits per heavy atom. The predicted molar refractivity (Wildman–Crippen MR) is 78.8 cm³/mol. The molecular weight excluding hydrogens is 254 g/mol. The minimum atomic E-state index is -0.220. The van der Waals surface area contributed by atoms with Crippen molar-refractivity contribution in [1.29, 1.82) is 0 Å². The highest BCUT2D eigenvalue weighted by atomic mass is 16.2. The summed E-state index contributed by atoms with van der Waals surface area (Å²) in [6.07, 6.45) is 5.29. The van der Waals surface area contributed by atoms with E-state index in [1.165, 1.54) is 12.3 Å². The Kier molecular flexibility index (Phi) is 4.95. The van der Waals surface area contributed by atoms with Crippen LogP contribution in [0, 0.1) is 5.92 Å². The maximum absolute atomic E-state index is 12.6. The second kappa shape index (κ2) is 6.70. The van der Waals surface area contributed by atoms with Gasteiger partial charge >= 0.3 is 0 Å². The van der Waals surface area contributed by atoms with Gasteiger partial charge in [-0.25, -0.2) is 0 Å². The lowest BCUT2D eigenvalue weighted by Gasteiger charge is -2.27. The minimum absolute atomic E-state index is 0.172.